The van der Waals surface area contributed by atoms with Gasteiger partial charge in [0.2, 0.25) is 11.8 Å². The van der Waals surface area contributed by atoms with Crippen LogP contribution in [0.2, 0.25) is 0 Å². The molecule has 5 N–H and O–H groups in total. The molecule has 2 heterocycles. The largest absolute Gasteiger partial charge is 0.358 e. The van der Waals surface area contributed by atoms with Gasteiger partial charge in [0.25, 0.3) is 5.91 Å². The molecule has 3 unspecified atom stereocenters. The zero-order chi connectivity index (χ0) is 21.5. The number of carbonyl (C=O) groups excluding carboxylic acids is 3. The molecule has 162 valence electrons. The summed E-state index contributed by atoms with van der Waals surface area (Å²) in [7, 11) is 0. The van der Waals surface area contributed by atoms with Gasteiger partial charge in [0.15, 0.2) is 11.1 Å². The second kappa shape index (κ2) is 7.58. The van der Waals surface area contributed by atoms with Gasteiger partial charge in [-0.25, -0.2) is 0 Å². The SMILES string of the molecule is CCNC(=O)C1N(C2CCCCC2)C(=O)C2(N)Nc3ccccc3C12C(=O)NCC. The van der Waals surface area contributed by atoms with E-state index in [9.17, 15) is 14.4 Å². The van der Waals surface area contributed by atoms with Gasteiger partial charge >= 0.3 is 0 Å². The van der Waals surface area contributed by atoms with E-state index in [0.717, 1.165) is 32.1 Å². The lowest BCUT2D eigenvalue weighted by atomic mass is 9.68. The number of fused-ring (bicyclic) bond motifs is 3. The smallest absolute Gasteiger partial charge is 0.265 e. The van der Waals surface area contributed by atoms with E-state index in [-0.39, 0.29) is 17.9 Å². The molecule has 4 rings (SSSR count). The normalized spacial score (nSPS) is 30.4. The lowest BCUT2D eigenvalue weighted by molar-refractivity contribution is -0.140. The quantitative estimate of drug-likeness (QED) is 0.570. The Morgan fingerprint density at radius 3 is 2.47 bits per heavy atom. The molecule has 3 amide bonds. The molecule has 3 atom stereocenters. The lowest BCUT2D eigenvalue weighted by Gasteiger charge is -2.40. The van der Waals surface area contributed by atoms with E-state index in [0.29, 0.717) is 24.3 Å². The molecule has 2 aliphatic heterocycles. The van der Waals surface area contributed by atoms with E-state index in [4.69, 9.17) is 5.73 Å². The molecule has 8 nitrogen and oxygen atoms in total. The van der Waals surface area contributed by atoms with Crippen molar-refractivity contribution in [1.82, 2.24) is 15.5 Å². The number of nitrogens with two attached hydrogens (primary N) is 1. The van der Waals surface area contributed by atoms with Gasteiger partial charge in [-0.2, -0.15) is 0 Å². The molecule has 1 aromatic rings. The molecule has 1 aliphatic carbocycles. The second-order valence-electron chi connectivity index (χ2n) is 8.45. The summed E-state index contributed by atoms with van der Waals surface area (Å²) in [5.41, 5.74) is 4.76. The van der Waals surface area contributed by atoms with Crippen molar-refractivity contribution in [1.29, 1.82) is 0 Å². The number of nitrogens with one attached hydrogen (secondary N) is 3. The fraction of sp³-hybridized carbons (Fsp3) is 0.591. The maximum Gasteiger partial charge on any atom is 0.265 e. The number of amides is 3. The molecule has 0 bridgehead atoms. The number of anilines is 1. The van der Waals surface area contributed by atoms with Gasteiger partial charge in [-0.1, -0.05) is 37.5 Å². The van der Waals surface area contributed by atoms with Crippen LogP contribution in [0, 0.1) is 0 Å². The van der Waals surface area contributed by atoms with Crippen LogP contribution in [0.5, 0.6) is 0 Å². The number of nitrogens with zero attached hydrogens (tertiary/aromatic N) is 1. The van der Waals surface area contributed by atoms with Crippen molar-refractivity contribution >= 4 is 23.4 Å². The number of benzene rings is 1. The molecule has 0 aromatic heterocycles. The van der Waals surface area contributed by atoms with Crippen LogP contribution in [0.25, 0.3) is 0 Å². The highest BCUT2D eigenvalue weighted by Gasteiger charge is 2.77. The minimum atomic E-state index is -1.72. The number of likely N-dealkylation sites (tertiary alicyclic amines) is 1. The molecule has 3 aliphatic rings. The Bertz CT molecular complexity index is 868. The molecule has 1 saturated heterocycles. The van der Waals surface area contributed by atoms with Gasteiger partial charge in [-0.15, -0.1) is 0 Å². The van der Waals surface area contributed by atoms with Gasteiger partial charge in [-0.05, 0) is 38.3 Å². The van der Waals surface area contributed by atoms with Gasteiger partial charge in [0, 0.05) is 24.8 Å². The van der Waals surface area contributed by atoms with Crippen LogP contribution < -0.4 is 21.7 Å². The summed E-state index contributed by atoms with van der Waals surface area (Å²) >= 11 is 0. The van der Waals surface area contributed by atoms with Gasteiger partial charge < -0.3 is 20.9 Å². The van der Waals surface area contributed by atoms with Crippen molar-refractivity contribution in [3.63, 3.8) is 0 Å². The van der Waals surface area contributed by atoms with Crippen LogP contribution >= 0.6 is 0 Å². The van der Waals surface area contributed by atoms with Gasteiger partial charge in [0.05, 0.1) is 0 Å². The first-order valence-corrected chi connectivity index (χ1v) is 11.0. The Kier molecular flexibility index (Phi) is 5.22. The predicted molar refractivity (Wildman–Crippen MR) is 114 cm³/mol. The zero-order valence-corrected chi connectivity index (χ0v) is 17.7. The number of hydrogen-bond acceptors (Lipinski definition) is 5. The maximum atomic E-state index is 13.9. The molecule has 2 fully saturated rings. The molecule has 0 radical (unpaired) electrons. The Balaban J connectivity index is 1.96. The average Bonchev–Trinajstić information content (AvgIpc) is 3.12. The van der Waals surface area contributed by atoms with E-state index in [1.54, 1.807) is 17.0 Å². The highest BCUT2D eigenvalue weighted by Crippen LogP contribution is 2.55. The topological polar surface area (TPSA) is 117 Å². The van der Waals surface area contributed by atoms with Crippen molar-refractivity contribution in [2.75, 3.05) is 18.4 Å². The van der Waals surface area contributed by atoms with E-state index < -0.39 is 23.0 Å². The van der Waals surface area contributed by atoms with E-state index in [1.165, 1.54) is 0 Å². The molecule has 0 spiro atoms. The zero-order valence-electron chi connectivity index (χ0n) is 17.7. The van der Waals surface area contributed by atoms with Gasteiger partial charge in [0.1, 0.15) is 6.04 Å². The van der Waals surface area contributed by atoms with E-state index in [1.807, 2.05) is 26.0 Å². The molecule has 8 heteroatoms. The Hall–Kier alpha value is -2.61. The number of para-hydroxylation sites is 1. The first kappa shape index (κ1) is 20.7. The average molecular weight is 414 g/mol. The molecule has 1 saturated carbocycles. The van der Waals surface area contributed by atoms with Crippen molar-refractivity contribution < 1.29 is 14.4 Å². The minimum absolute atomic E-state index is 0.106. The summed E-state index contributed by atoms with van der Waals surface area (Å²) in [6.45, 7) is 4.42. The number of hydrogen-bond donors (Lipinski definition) is 4. The van der Waals surface area contributed by atoms with Crippen LogP contribution in [-0.2, 0) is 19.8 Å². The highest BCUT2D eigenvalue weighted by atomic mass is 16.2. The number of rotatable bonds is 5. The first-order chi connectivity index (χ1) is 14.4. The summed E-state index contributed by atoms with van der Waals surface area (Å²) in [5, 5.41) is 8.88. The Morgan fingerprint density at radius 2 is 1.80 bits per heavy atom. The molecule has 1 aromatic carbocycles. The first-order valence-electron chi connectivity index (χ1n) is 11.0. The van der Waals surface area contributed by atoms with Crippen LogP contribution in [-0.4, -0.2) is 53.5 Å². The third-order valence-electron chi connectivity index (χ3n) is 6.83. The number of likely N-dealkylation sites (N-methyl/N-ethyl adjacent to an activating group) is 2. The molecular weight excluding hydrogens is 382 g/mol. The Labute approximate surface area is 176 Å². The lowest BCUT2D eigenvalue weighted by Crippen LogP contribution is -2.70. The van der Waals surface area contributed by atoms with Crippen molar-refractivity contribution in [3.8, 4) is 0 Å². The van der Waals surface area contributed by atoms with Crippen LogP contribution in [0.4, 0.5) is 5.69 Å². The predicted octanol–water partition coefficient (Wildman–Crippen LogP) is 0.821. The summed E-state index contributed by atoms with van der Waals surface area (Å²) in [5.74, 6) is -1.12. The van der Waals surface area contributed by atoms with Crippen LogP contribution in [0.15, 0.2) is 24.3 Å². The molecular formula is C22H31N5O3. The summed E-state index contributed by atoms with van der Waals surface area (Å²) in [4.78, 5) is 42.7. The minimum Gasteiger partial charge on any atom is -0.358 e. The Morgan fingerprint density at radius 1 is 1.13 bits per heavy atom. The highest BCUT2D eigenvalue weighted by molar-refractivity contribution is 6.14. The summed E-state index contributed by atoms with van der Waals surface area (Å²) in [6, 6.07) is 6.12. The van der Waals surface area contributed by atoms with Crippen molar-refractivity contribution in [2.45, 2.75) is 69.1 Å². The van der Waals surface area contributed by atoms with Crippen molar-refractivity contribution in [2.24, 2.45) is 5.73 Å². The summed E-state index contributed by atoms with van der Waals surface area (Å²) in [6.07, 6.45) is 4.72. The maximum absolute atomic E-state index is 13.9. The second-order valence-corrected chi connectivity index (χ2v) is 8.45. The van der Waals surface area contributed by atoms with Crippen LogP contribution in [0.3, 0.4) is 0 Å². The standard InChI is InChI=1S/C22H31N5O3/c1-3-24-18(28)17-21(19(29)25-4-2)15-12-8-9-13-16(15)26-22(21,23)20(30)27(17)14-10-6-5-7-11-14/h8-9,12-14,17,26H,3-7,10-11,23H2,1-2H3,(H,24,28)(H,25,29). The van der Waals surface area contributed by atoms with Crippen molar-refractivity contribution in [3.05, 3.63) is 29.8 Å². The van der Waals surface area contributed by atoms with E-state index >= 15 is 0 Å². The third kappa shape index (κ3) is 2.59. The molecule has 30 heavy (non-hydrogen) atoms. The fourth-order valence-electron chi connectivity index (χ4n) is 5.63. The van der Waals surface area contributed by atoms with Gasteiger partial charge in [-0.3, -0.25) is 20.1 Å². The van der Waals surface area contributed by atoms with Crippen LogP contribution in [0.1, 0.15) is 51.5 Å². The van der Waals surface area contributed by atoms with E-state index in [2.05, 4.69) is 16.0 Å². The number of carbonyl (C=O) groups is 3. The summed E-state index contributed by atoms with van der Waals surface area (Å²) < 4.78 is 0. The monoisotopic (exact) mass is 413 g/mol. The third-order valence-corrected chi connectivity index (χ3v) is 6.83. The fourth-order valence-corrected chi connectivity index (χ4v) is 5.63.